The van der Waals surface area contributed by atoms with E-state index in [1.165, 1.54) is 0 Å². The first-order valence-corrected chi connectivity index (χ1v) is 19.6. The number of fused-ring (bicyclic) bond motifs is 9. The van der Waals surface area contributed by atoms with Gasteiger partial charge in [-0.15, -0.1) is 0 Å². The van der Waals surface area contributed by atoms with Gasteiger partial charge in [-0.2, -0.15) is 0 Å². The molecule has 9 aromatic carbocycles. The van der Waals surface area contributed by atoms with Crippen LogP contribution >= 0.6 is 0 Å². The van der Waals surface area contributed by atoms with Crippen molar-refractivity contribution in [2.45, 2.75) is 0 Å². The van der Waals surface area contributed by atoms with E-state index < -0.39 is 0 Å². The molecule has 12 aromatic rings. The summed E-state index contributed by atoms with van der Waals surface area (Å²) in [5.74, 6) is 0. The predicted molar refractivity (Wildman–Crippen MR) is 239 cm³/mol. The minimum Gasteiger partial charge on any atom is -0.456 e. The van der Waals surface area contributed by atoms with Gasteiger partial charge in [-0.3, -0.25) is 0 Å². The lowest BCUT2D eigenvalue weighted by Gasteiger charge is -2.27. The molecule has 0 aliphatic rings. The smallest absolute Gasteiger partial charge is 0.159 e. The van der Waals surface area contributed by atoms with Crippen LogP contribution in [0.4, 0.5) is 17.1 Å². The second-order valence-electron chi connectivity index (χ2n) is 14.8. The van der Waals surface area contributed by atoms with Crippen molar-refractivity contribution in [3.05, 3.63) is 200 Å². The van der Waals surface area contributed by atoms with Crippen molar-refractivity contribution < 1.29 is 13.3 Å². The zero-order valence-electron chi connectivity index (χ0n) is 31.2. The minimum atomic E-state index is 0.810. The second kappa shape index (κ2) is 12.9. The van der Waals surface area contributed by atoms with Crippen molar-refractivity contribution in [1.82, 2.24) is 0 Å². The number of nitrogens with zero attached hydrogens (tertiary/aromatic N) is 1. The Hall–Kier alpha value is -7.82. The molecule has 0 fully saturated rings. The molecule has 0 bridgehead atoms. The van der Waals surface area contributed by atoms with Crippen LogP contribution in [0, 0.1) is 0 Å². The third-order valence-electron chi connectivity index (χ3n) is 11.5. The highest BCUT2D eigenvalue weighted by Gasteiger charge is 2.26. The topological polar surface area (TPSA) is 42.7 Å². The van der Waals surface area contributed by atoms with Crippen molar-refractivity contribution in [3.63, 3.8) is 0 Å². The maximum atomic E-state index is 7.01. The largest absolute Gasteiger partial charge is 0.456 e. The fraction of sp³-hybridized carbons (Fsp3) is 0. The van der Waals surface area contributed by atoms with Gasteiger partial charge in [0.25, 0.3) is 0 Å². The molecule has 0 saturated carbocycles. The average Bonchev–Trinajstić information content (AvgIpc) is 3.99. The Morgan fingerprint density at radius 3 is 1.76 bits per heavy atom. The number of rotatable bonds is 6. The first-order valence-electron chi connectivity index (χ1n) is 19.6. The molecule has 0 N–H and O–H groups in total. The number of furan rings is 3. The van der Waals surface area contributed by atoms with Gasteiger partial charge in [-0.25, -0.2) is 0 Å². The molecule has 12 rings (SSSR count). The van der Waals surface area contributed by atoms with Gasteiger partial charge in [0.15, 0.2) is 5.58 Å². The van der Waals surface area contributed by atoms with Crippen LogP contribution in [0.25, 0.3) is 99.2 Å². The van der Waals surface area contributed by atoms with Crippen molar-refractivity contribution in [1.29, 1.82) is 0 Å². The van der Waals surface area contributed by atoms with E-state index in [1.54, 1.807) is 0 Å². The first kappa shape index (κ1) is 32.4. The van der Waals surface area contributed by atoms with Crippen LogP contribution < -0.4 is 4.90 Å². The standard InChI is InChI=1S/C54H33NO3/c1-4-14-34(15-5-1)37-26-28-43-50(32-37)58-54-40(36-18-8-3-9-19-36)29-30-45(52(43)54)55(46-23-12-22-42-41-20-10-11-24-47(41)57-53(42)46)38-27-31-48-44(33-38)51-39(21-13-25-49(51)56-48)35-16-6-2-7-17-35/h1-33H. The zero-order valence-corrected chi connectivity index (χ0v) is 31.2. The Kier molecular flexibility index (Phi) is 7.20. The Morgan fingerprint density at radius 1 is 0.293 bits per heavy atom. The quantitative estimate of drug-likeness (QED) is 0.170. The molecule has 0 amide bonds. The number of benzene rings is 9. The molecular weight excluding hydrogens is 711 g/mol. The summed E-state index contributed by atoms with van der Waals surface area (Å²) in [5.41, 5.74) is 14.5. The summed E-state index contributed by atoms with van der Waals surface area (Å²) in [5, 5.41) is 6.31. The van der Waals surface area contributed by atoms with E-state index in [1.807, 2.05) is 18.2 Å². The Labute approximate surface area is 333 Å². The van der Waals surface area contributed by atoms with E-state index in [0.29, 0.717) is 0 Å². The Bertz CT molecular complexity index is 3500. The summed E-state index contributed by atoms with van der Waals surface area (Å²) in [7, 11) is 0. The van der Waals surface area contributed by atoms with E-state index >= 15 is 0 Å². The average molecular weight is 744 g/mol. The zero-order chi connectivity index (χ0) is 38.2. The van der Waals surface area contributed by atoms with E-state index in [2.05, 4.69) is 187 Å². The number of hydrogen-bond donors (Lipinski definition) is 0. The Morgan fingerprint density at radius 2 is 0.948 bits per heavy atom. The van der Waals surface area contributed by atoms with Gasteiger partial charge in [0.2, 0.25) is 0 Å². The van der Waals surface area contributed by atoms with Crippen LogP contribution in [0.2, 0.25) is 0 Å². The van der Waals surface area contributed by atoms with Gasteiger partial charge in [0, 0.05) is 38.2 Å². The SMILES string of the molecule is c1ccc(-c2ccc3c(c2)oc2c(-c4ccccc4)ccc(N(c4ccc5oc6cccc(-c7ccccc7)c6c5c4)c4cccc5c4oc4ccccc45)c23)cc1. The number of hydrogen-bond acceptors (Lipinski definition) is 4. The van der Waals surface area contributed by atoms with Crippen LogP contribution in [0.3, 0.4) is 0 Å². The summed E-state index contributed by atoms with van der Waals surface area (Å²) in [6, 6.07) is 70.0. The molecule has 0 saturated heterocycles. The van der Waals surface area contributed by atoms with E-state index in [0.717, 1.165) is 116 Å². The highest BCUT2D eigenvalue weighted by Crippen LogP contribution is 2.50. The molecule has 0 radical (unpaired) electrons. The molecule has 0 atom stereocenters. The molecule has 4 heteroatoms. The highest BCUT2D eigenvalue weighted by atomic mass is 16.3. The van der Waals surface area contributed by atoms with E-state index in [-0.39, 0.29) is 0 Å². The lowest BCUT2D eigenvalue weighted by atomic mass is 9.98. The molecule has 0 aliphatic heterocycles. The lowest BCUT2D eigenvalue weighted by Crippen LogP contribution is -2.10. The van der Waals surface area contributed by atoms with Crippen LogP contribution in [0.1, 0.15) is 0 Å². The number of anilines is 3. The van der Waals surface area contributed by atoms with E-state index in [9.17, 15) is 0 Å². The van der Waals surface area contributed by atoms with Crippen molar-refractivity contribution >= 4 is 82.9 Å². The van der Waals surface area contributed by atoms with Gasteiger partial charge in [0.1, 0.15) is 27.9 Å². The summed E-state index contributed by atoms with van der Waals surface area (Å²) in [6.07, 6.45) is 0. The summed E-state index contributed by atoms with van der Waals surface area (Å²) in [6.45, 7) is 0. The molecule has 0 aliphatic carbocycles. The van der Waals surface area contributed by atoms with Crippen LogP contribution in [0.15, 0.2) is 213 Å². The van der Waals surface area contributed by atoms with Crippen molar-refractivity contribution in [2.24, 2.45) is 0 Å². The van der Waals surface area contributed by atoms with Crippen LogP contribution in [0.5, 0.6) is 0 Å². The molecule has 272 valence electrons. The molecule has 0 spiro atoms. The maximum absolute atomic E-state index is 7.01. The van der Waals surface area contributed by atoms with Crippen LogP contribution in [-0.4, -0.2) is 0 Å². The van der Waals surface area contributed by atoms with Gasteiger partial charge in [-0.1, -0.05) is 140 Å². The fourth-order valence-electron chi connectivity index (χ4n) is 8.83. The monoisotopic (exact) mass is 743 g/mol. The molecule has 4 nitrogen and oxygen atoms in total. The molecule has 0 unspecified atom stereocenters. The van der Waals surface area contributed by atoms with Gasteiger partial charge >= 0.3 is 0 Å². The molecule has 3 heterocycles. The maximum Gasteiger partial charge on any atom is 0.159 e. The highest BCUT2D eigenvalue weighted by molar-refractivity contribution is 6.20. The van der Waals surface area contributed by atoms with Crippen molar-refractivity contribution in [2.75, 3.05) is 4.90 Å². The third-order valence-corrected chi connectivity index (χ3v) is 11.5. The fourth-order valence-corrected chi connectivity index (χ4v) is 8.83. The molecular formula is C54H33NO3. The second-order valence-corrected chi connectivity index (χ2v) is 14.8. The summed E-state index contributed by atoms with van der Waals surface area (Å²) in [4.78, 5) is 2.34. The lowest BCUT2D eigenvalue weighted by molar-refractivity contribution is 0.668. The predicted octanol–water partition coefficient (Wildman–Crippen LogP) is 15.9. The first-order chi connectivity index (χ1) is 28.8. The van der Waals surface area contributed by atoms with Gasteiger partial charge in [-0.05, 0) is 88.5 Å². The van der Waals surface area contributed by atoms with Crippen LogP contribution in [-0.2, 0) is 0 Å². The molecule has 3 aromatic heterocycles. The minimum absolute atomic E-state index is 0.810. The van der Waals surface area contributed by atoms with Gasteiger partial charge in [0.05, 0.1) is 16.8 Å². The van der Waals surface area contributed by atoms with E-state index in [4.69, 9.17) is 13.3 Å². The third kappa shape index (κ3) is 5.02. The summed E-state index contributed by atoms with van der Waals surface area (Å²) < 4.78 is 20.3. The Balaban J connectivity index is 1.18. The van der Waals surface area contributed by atoms with Gasteiger partial charge < -0.3 is 18.2 Å². The molecule has 58 heavy (non-hydrogen) atoms. The van der Waals surface area contributed by atoms with Crippen molar-refractivity contribution in [3.8, 4) is 33.4 Å². The summed E-state index contributed by atoms with van der Waals surface area (Å²) >= 11 is 0. The normalized spacial score (nSPS) is 11.8. The number of para-hydroxylation sites is 2.